The van der Waals surface area contributed by atoms with Gasteiger partial charge >= 0.3 is 0 Å². The van der Waals surface area contributed by atoms with Crippen LogP contribution in [0.4, 0.5) is 5.69 Å². The van der Waals surface area contributed by atoms with E-state index in [2.05, 4.69) is 15.0 Å². The van der Waals surface area contributed by atoms with E-state index in [-0.39, 0.29) is 16.6 Å². The molecule has 0 saturated carbocycles. The maximum atomic E-state index is 12.3. The highest BCUT2D eigenvalue weighted by atomic mass is 32.2. The predicted octanol–water partition coefficient (Wildman–Crippen LogP) is 0.808. The van der Waals surface area contributed by atoms with Gasteiger partial charge in [0.2, 0.25) is 5.96 Å². The molecule has 10 heteroatoms. The molecule has 0 spiro atoms. The smallest absolute Gasteiger partial charge is 0.285 e. The summed E-state index contributed by atoms with van der Waals surface area (Å²) in [5, 5.41) is 4.77. The molecular weight excluding hydrogens is 384 g/mol. The summed E-state index contributed by atoms with van der Waals surface area (Å²) in [7, 11) is -2.60. The molecule has 0 aliphatic carbocycles. The maximum Gasteiger partial charge on any atom is 0.285 e. The SMILES string of the molecule is COc1cccc(C(=O)/C=C2\N/C(=N/S(=O)(=O)c3ccc(N)cc3)NC2=O)c1. The number of methoxy groups -OCH3 is 1. The molecule has 9 nitrogen and oxygen atoms in total. The number of nitrogens with two attached hydrogens (primary N) is 1. The normalized spacial score (nSPS) is 16.7. The van der Waals surface area contributed by atoms with E-state index in [9.17, 15) is 18.0 Å². The van der Waals surface area contributed by atoms with E-state index in [1.54, 1.807) is 18.2 Å². The van der Waals surface area contributed by atoms with Crippen molar-refractivity contribution in [3.05, 3.63) is 65.9 Å². The standard InChI is InChI=1S/C18H16N4O5S/c1-27-13-4-2-3-11(9-13)16(23)10-15-17(24)21-18(20-15)22-28(25,26)14-7-5-12(19)6-8-14/h2-10H,19H2,1H3,(H2,20,21,22,24)/b15-10-. The third kappa shape index (κ3) is 4.18. The second kappa shape index (κ2) is 7.53. The minimum Gasteiger partial charge on any atom is -0.497 e. The van der Waals surface area contributed by atoms with Crippen molar-refractivity contribution < 1.29 is 22.7 Å². The summed E-state index contributed by atoms with van der Waals surface area (Å²) in [5.41, 5.74) is 6.12. The first-order chi connectivity index (χ1) is 13.3. The van der Waals surface area contributed by atoms with Crippen LogP contribution in [0, 0.1) is 0 Å². The summed E-state index contributed by atoms with van der Waals surface area (Å²) in [5.74, 6) is -0.946. The first-order valence-electron chi connectivity index (χ1n) is 7.97. The molecule has 1 heterocycles. The van der Waals surface area contributed by atoms with Crippen molar-refractivity contribution >= 4 is 33.4 Å². The van der Waals surface area contributed by atoms with E-state index in [0.717, 1.165) is 6.08 Å². The van der Waals surface area contributed by atoms with Gasteiger partial charge in [-0.15, -0.1) is 4.40 Å². The van der Waals surface area contributed by atoms with Crippen molar-refractivity contribution in [2.45, 2.75) is 4.90 Å². The Balaban J connectivity index is 1.82. The average Bonchev–Trinajstić information content (AvgIpc) is 3.00. The van der Waals surface area contributed by atoms with Gasteiger partial charge in [0.05, 0.1) is 12.0 Å². The molecule has 0 bridgehead atoms. The second-order valence-electron chi connectivity index (χ2n) is 5.72. The number of amides is 1. The number of carbonyl (C=O) groups is 2. The van der Waals surface area contributed by atoms with Crippen molar-refractivity contribution in [1.82, 2.24) is 10.6 Å². The highest BCUT2D eigenvalue weighted by Crippen LogP contribution is 2.16. The van der Waals surface area contributed by atoms with Crippen LogP contribution in [-0.4, -0.2) is 33.2 Å². The summed E-state index contributed by atoms with van der Waals surface area (Å²) in [4.78, 5) is 24.3. The zero-order chi connectivity index (χ0) is 20.3. The number of sulfonamides is 1. The first kappa shape index (κ1) is 19.1. The number of hydrogen-bond donors (Lipinski definition) is 3. The van der Waals surface area contributed by atoms with Crippen LogP contribution >= 0.6 is 0 Å². The predicted molar refractivity (Wildman–Crippen MR) is 102 cm³/mol. The van der Waals surface area contributed by atoms with Crippen LogP contribution in [-0.2, 0) is 14.8 Å². The zero-order valence-corrected chi connectivity index (χ0v) is 15.5. The summed E-state index contributed by atoms with van der Waals surface area (Å²) in [6, 6.07) is 11.8. The molecule has 2 aromatic carbocycles. The fourth-order valence-electron chi connectivity index (χ4n) is 2.34. The Morgan fingerprint density at radius 2 is 1.86 bits per heavy atom. The summed E-state index contributed by atoms with van der Waals surface area (Å²) in [6.07, 6.45) is 1.06. The number of anilines is 1. The highest BCUT2D eigenvalue weighted by Gasteiger charge is 2.26. The Bertz CT molecular complexity index is 1110. The monoisotopic (exact) mass is 400 g/mol. The number of benzene rings is 2. The molecule has 28 heavy (non-hydrogen) atoms. The zero-order valence-electron chi connectivity index (χ0n) is 14.7. The minimum absolute atomic E-state index is 0.0878. The third-order valence-electron chi connectivity index (χ3n) is 3.75. The molecule has 0 atom stereocenters. The number of nitrogens with zero attached hydrogens (tertiary/aromatic N) is 1. The van der Waals surface area contributed by atoms with E-state index in [4.69, 9.17) is 10.5 Å². The molecule has 4 N–H and O–H groups in total. The van der Waals surface area contributed by atoms with Crippen molar-refractivity contribution in [3.63, 3.8) is 0 Å². The number of hydrogen-bond acceptors (Lipinski definition) is 6. The third-order valence-corrected chi connectivity index (χ3v) is 5.04. The molecule has 1 fully saturated rings. The molecule has 0 unspecified atom stereocenters. The Hall–Kier alpha value is -3.66. The number of nitrogens with one attached hydrogen (secondary N) is 2. The van der Waals surface area contributed by atoms with Gasteiger partial charge < -0.3 is 15.8 Å². The van der Waals surface area contributed by atoms with E-state index in [0.29, 0.717) is 17.0 Å². The van der Waals surface area contributed by atoms with Gasteiger partial charge in [0.25, 0.3) is 15.9 Å². The molecule has 0 radical (unpaired) electrons. The molecule has 2 aromatic rings. The molecule has 3 rings (SSSR count). The summed E-state index contributed by atoms with van der Waals surface area (Å²) in [6.45, 7) is 0. The molecule has 1 aliphatic heterocycles. The number of rotatable bonds is 5. The van der Waals surface area contributed by atoms with Crippen LogP contribution in [0.3, 0.4) is 0 Å². The van der Waals surface area contributed by atoms with Gasteiger partial charge in [0.15, 0.2) is 5.78 Å². The van der Waals surface area contributed by atoms with Gasteiger partial charge in [0, 0.05) is 17.3 Å². The number of ketones is 1. The van der Waals surface area contributed by atoms with Gasteiger partial charge in [-0.05, 0) is 36.4 Å². The Morgan fingerprint density at radius 3 is 2.54 bits per heavy atom. The quantitative estimate of drug-likeness (QED) is 0.383. The largest absolute Gasteiger partial charge is 0.497 e. The Kier molecular flexibility index (Phi) is 5.14. The maximum absolute atomic E-state index is 12.3. The molecule has 1 amide bonds. The molecule has 144 valence electrons. The highest BCUT2D eigenvalue weighted by molar-refractivity contribution is 7.90. The van der Waals surface area contributed by atoms with Crippen LogP contribution in [0.2, 0.25) is 0 Å². The van der Waals surface area contributed by atoms with Crippen LogP contribution < -0.4 is 21.1 Å². The lowest BCUT2D eigenvalue weighted by molar-refractivity contribution is -0.115. The van der Waals surface area contributed by atoms with E-state index in [1.807, 2.05) is 0 Å². The van der Waals surface area contributed by atoms with Crippen molar-refractivity contribution in [3.8, 4) is 5.75 Å². The van der Waals surface area contributed by atoms with E-state index >= 15 is 0 Å². The number of carbonyl (C=O) groups excluding carboxylic acids is 2. The number of allylic oxidation sites excluding steroid dienone is 1. The van der Waals surface area contributed by atoms with E-state index < -0.39 is 21.7 Å². The fraction of sp³-hybridized carbons (Fsp3) is 0.0556. The van der Waals surface area contributed by atoms with Crippen molar-refractivity contribution in [2.75, 3.05) is 12.8 Å². The lowest BCUT2D eigenvalue weighted by atomic mass is 10.1. The molecule has 1 saturated heterocycles. The lowest BCUT2D eigenvalue weighted by Gasteiger charge is -2.02. The second-order valence-corrected chi connectivity index (χ2v) is 7.32. The Labute approximate surface area is 161 Å². The van der Waals surface area contributed by atoms with Gasteiger partial charge in [-0.2, -0.15) is 8.42 Å². The number of nitrogen functional groups attached to an aromatic ring is 1. The van der Waals surface area contributed by atoms with Crippen molar-refractivity contribution in [1.29, 1.82) is 0 Å². The van der Waals surface area contributed by atoms with Gasteiger partial charge in [-0.3, -0.25) is 14.9 Å². The van der Waals surface area contributed by atoms with Crippen LogP contribution in [0.15, 0.2) is 69.6 Å². The number of ether oxygens (including phenoxy) is 1. The topological polar surface area (TPSA) is 140 Å². The van der Waals surface area contributed by atoms with E-state index in [1.165, 1.54) is 37.4 Å². The van der Waals surface area contributed by atoms with Crippen LogP contribution in [0.25, 0.3) is 0 Å². The minimum atomic E-state index is -4.07. The molecule has 1 aliphatic rings. The Morgan fingerprint density at radius 1 is 1.14 bits per heavy atom. The molecular formula is C18H16N4O5S. The lowest BCUT2D eigenvalue weighted by Crippen LogP contribution is -2.26. The average molecular weight is 400 g/mol. The fourth-order valence-corrected chi connectivity index (χ4v) is 3.26. The summed E-state index contributed by atoms with van der Waals surface area (Å²) >= 11 is 0. The summed E-state index contributed by atoms with van der Waals surface area (Å²) < 4.78 is 33.2. The number of guanidine groups is 1. The molecule has 0 aromatic heterocycles. The van der Waals surface area contributed by atoms with Gasteiger partial charge in [-0.1, -0.05) is 12.1 Å². The van der Waals surface area contributed by atoms with Gasteiger partial charge in [0.1, 0.15) is 11.4 Å². The van der Waals surface area contributed by atoms with Gasteiger partial charge in [-0.25, -0.2) is 0 Å². The first-order valence-corrected chi connectivity index (χ1v) is 9.41. The van der Waals surface area contributed by atoms with Crippen LogP contribution in [0.1, 0.15) is 10.4 Å². The van der Waals surface area contributed by atoms with Crippen molar-refractivity contribution in [2.24, 2.45) is 4.40 Å². The van der Waals surface area contributed by atoms with Crippen LogP contribution in [0.5, 0.6) is 5.75 Å².